The summed E-state index contributed by atoms with van der Waals surface area (Å²) in [6, 6.07) is 10.1. The van der Waals surface area contributed by atoms with Crippen LogP contribution in [0, 0.1) is 13.8 Å². The minimum absolute atomic E-state index is 0.0835. The van der Waals surface area contributed by atoms with Gasteiger partial charge in [-0.25, -0.2) is 4.79 Å². The first-order valence-electron chi connectivity index (χ1n) is 13.4. The summed E-state index contributed by atoms with van der Waals surface area (Å²) in [5.74, 6) is -0.660. The lowest BCUT2D eigenvalue weighted by Crippen LogP contribution is -2.54. The minimum Gasteiger partial charge on any atom is -0.508 e. The molecule has 39 heavy (non-hydrogen) atoms. The number of phenolic OH excluding ortho intramolecular Hbond substituents is 1. The molecule has 0 aliphatic heterocycles. The van der Waals surface area contributed by atoms with Crippen molar-refractivity contribution in [2.45, 2.75) is 78.5 Å². The molecular formula is C31H43N3O5. The number of nitrogens with zero attached hydrogens (tertiary/aromatic N) is 1. The summed E-state index contributed by atoms with van der Waals surface area (Å²) in [6.07, 6.45) is 2.68. The number of unbranched alkanes of at least 4 members (excludes halogenated alkanes) is 1. The second-order valence-corrected chi connectivity index (χ2v) is 10.7. The highest BCUT2D eigenvalue weighted by Crippen LogP contribution is 2.28. The van der Waals surface area contributed by atoms with E-state index in [-0.39, 0.29) is 24.6 Å². The lowest BCUT2D eigenvalue weighted by Gasteiger charge is -2.34. The highest BCUT2D eigenvalue weighted by Gasteiger charge is 2.36. The fraction of sp³-hybridized carbons (Fsp3) is 0.452. The number of carbonyl (C=O) groups is 3. The molecule has 0 spiro atoms. The maximum absolute atomic E-state index is 14.2. The molecule has 2 aromatic rings. The van der Waals surface area contributed by atoms with Crippen LogP contribution in [0.15, 0.2) is 55.1 Å². The lowest BCUT2D eigenvalue weighted by molar-refractivity contribution is -0.141. The van der Waals surface area contributed by atoms with E-state index in [9.17, 15) is 19.5 Å². The maximum Gasteiger partial charge on any atom is 0.408 e. The number of rotatable bonds is 12. The number of hydrogen-bond donors (Lipinski definition) is 3. The fourth-order valence-electron chi connectivity index (χ4n) is 4.19. The van der Waals surface area contributed by atoms with E-state index in [2.05, 4.69) is 17.2 Å². The van der Waals surface area contributed by atoms with Crippen LogP contribution in [0.25, 0.3) is 0 Å². The molecule has 2 atom stereocenters. The van der Waals surface area contributed by atoms with E-state index >= 15 is 0 Å². The molecule has 212 valence electrons. The van der Waals surface area contributed by atoms with Crippen molar-refractivity contribution in [2.75, 3.05) is 13.1 Å². The maximum atomic E-state index is 14.2. The number of carbonyl (C=O) groups excluding carboxylic acids is 3. The SMILES string of the molecule is C=CCN(C(=O)C(Cc1ccc(O)cc1)NC(=O)OC(C)(C)C)C(C(=O)NCCCC)c1cccc(C)c1C. The first-order chi connectivity index (χ1) is 18.4. The predicted octanol–water partition coefficient (Wildman–Crippen LogP) is 5.12. The number of hydrogen-bond acceptors (Lipinski definition) is 5. The van der Waals surface area contributed by atoms with Gasteiger partial charge in [-0.05, 0) is 75.4 Å². The van der Waals surface area contributed by atoms with Crippen molar-refractivity contribution in [1.82, 2.24) is 15.5 Å². The zero-order chi connectivity index (χ0) is 29.2. The smallest absolute Gasteiger partial charge is 0.408 e. The largest absolute Gasteiger partial charge is 0.508 e. The first kappa shape index (κ1) is 31.4. The van der Waals surface area contributed by atoms with Gasteiger partial charge in [0, 0.05) is 19.5 Å². The summed E-state index contributed by atoms with van der Waals surface area (Å²) in [5.41, 5.74) is 2.57. The van der Waals surface area contributed by atoms with Crippen molar-refractivity contribution in [1.29, 1.82) is 0 Å². The molecule has 0 radical (unpaired) electrons. The monoisotopic (exact) mass is 537 g/mol. The van der Waals surface area contributed by atoms with Crippen LogP contribution in [0.2, 0.25) is 0 Å². The zero-order valence-electron chi connectivity index (χ0n) is 24.0. The summed E-state index contributed by atoms with van der Waals surface area (Å²) < 4.78 is 5.45. The summed E-state index contributed by atoms with van der Waals surface area (Å²) in [7, 11) is 0. The fourth-order valence-corrected chi connectivity index (χ4v) is 4.19. The standard InChI is InChI=1S/C31H43N3O5/c1-8-10-18-32-28(36)27(25-13-11-12-21(3)22(25)4)34(19-9-2)29(37)26(33-30(38)39-31(5,6)7)20-23-14-16-24(35)17-15-23/h9,11-17,26-27,35H,2,8,10,18-20H2,1,3-7H3,(H,32,36)(H,33,38). The molecule has 2 rings (SSSR count). The summed E-state index contributed by atoms with van der Waals surface area (Å²) in [4.78, 5) is 42.1. The van der Waals surface area contributed by atoms with Crippen molar-refractivity contribution in [3.63, 3.8) is 0 Å². The minimum atomic E-state index is -1.04. The third-order valence-electron chi connectivity index (χ3n) is 6.30. The Morgan fingerprint density at radius 2 is 1.77 bits per heavy atom. The van der Waals surface area contributed by atoms with Crippen LogP contribution < -0.4 is 10.6 Å². The van der Waals surface area contributed by atoms with Gasteiger partial charge >= 0.3 is 6.09 Å². The van der Waals surface area contributed by atoms with Crippen molar-refractivity contribution in [3.05, 3.63) is 77.4 Å². The number of aromatic hydroxyl groups is 1. The predicted molar refractivity (Wildman–Crippen MR) is 153 cm³/mol. The molecule has 2 aromatic carbocycles. The molecule has 3 N–H and O–H groups in total. The van der Waals surface area contributed by atoms with E-state index < -0.39 is 29.7 Å². The Kier molecular flexibility index (Phi) is 11.6. The Hall–Kier alpha value is -3.81. The molecule has 0 aliphatic carbocycles. The zero-order valence-corrected chi connectivity index (χ0v) is 24.0. The molecular weight excluding hydrogens is 494 g/mol. The Bertz CT molecular complexity index is 1140. The summed E-state index contributed by atoms with van der Waals surface area (Å²) >= 11 is 0. The van der Waals surface area contributed by atoms with Crippen LogP contribution in [-0.2, 0) is 20.7 Å². The molecule has 0 heterocycles. The van der Waals surface area contributed by atoms with Gasteiger partial charge in [-0.1, -0.05) is 49.8 Å². The molecule has 0 saturated heterocycles. The van der Waals surface area contributed by atoms with Gasteiger partial charge in [-0.15, -0.1) is 6.58 Å². The highest BCUT2D eigenvalue weighted by atomic mass is 16.6. The van der Waals surface area contributed by atoms with E-state index in [1.165, 1.54) is 17.0 Å². The first-order valence-corrected chi connectivity index (χ1v) is 13.4. The molecule has 0 saturated carbocycles. The Balaban J connectivity index is 2.55. The molecule has 0 aliphatic rings. The number of phenols is 1. The number of alkyl carbamates (subject to hydrolysis) is 1. The summed E-state index contributed by atoms with van der Waals surface area (Å²) in [5, 5.41) is 15.4. The van der Waals surface area contributed by atoms with Crippen LogP contribution >= 0.6 is 0 Å². The van der Waals surface area contributed by atoms with Gasteiger partial charge in [-0.3, -0.25) is 9.59 Å². The van der Waals surface area contributed by atoms with Gasteiger partial charge < -0.3 is 25.4 Å². The van der Waals surface area contributed by atoms with Gasteiger partial charge in [0.05, 0.1) is 0 Å². The van der Waals surface area contributed by atoms with Crippen LogP contribution in [-0.4, -0.2) is 52.6 Å². The van der Waals surface area contributed by atoms with Gasteiger partial charge in [0.25, 0.3) is 0 Å². The van der Waals surface area contributed by atoms with E-state index in [0.29, 0.717) is 12.1 Å². The second-order valence-electron chi connectivity index (χ2n) is 10.7. The van der Waals surface area contributed by atoms with Gasteiger partial charge in [-0.2, -0.15) is 0 Å². The highest BCUT2D eigenvalue weighted by molar-refractivity contribution is 5.92. The summed E-state index contributed by atoms with van der Waals surface area (Å²) in [6.45, 7) is 15.6. The van der Waals surface area contributed by atoms with Gasteiger partial charge in [0.1, 0.15) is 23.4 Å². The molecule has 2 unspecified atom stereocenters. The van der Waals surface area contributed by atoms with E-state index in [0.717, 1.165) is 29.5 Å². The van der Waals surface area contributed by atoms with Crippen LogP contribution in [0.5, 0.6) is 5.75 Å². The number of ether oxygens (including phenoxy) is 1. The third kappa shape index (κ3) is 9.46. The number of aryl methyl sites for hydroxylation is 1. The molecule has 0 bridgehead atoms. The average Bonchev–Trinajstić information content (AvgIpc) is 2.85. The molecule has 8 nitrogen and oxygen atoms in total. The molecule has 3 amide bonds. The quantitative estimate of drug-likeness (QED) is 0.257. The van der Waals surface area contributed by atoms with Crippen molar-refractivity contribution in [3.8, 4) is 5.75 Å². The average molecular weight is 538 g/mol. The van der Waals surface area contributed by atoms with Gasteiger partial charge in [0.15, 0.2) is 0 Å². The second kappa shape index (κ2) is 14.4. The normalized spacial score (nSPS) is 12.7. The number of benzene rings is 2. The van der Waals surface area contributed by atoms with E-state index in [1.54, 1.807) is 39.0 Å². The van der Waals surface area contributed by atoms with Crippen LogP contribution in [0.1, 0.15) is 68.8 Å². The lowest BCUT2D eigenvalue weighted by atomic mass is 9.94. The topological polar surface area (TPSA) is 108 Å². The van der Waals surface area contributed by atoms with Crippen LogP contribution in [0.3, 0.4) is 0 Å². The Morgan fingerprint density at radius 1 is 1.10 bits per heavy atom. The Morgan fingerprint density at radius 3 is 2.36 bits per heavy atom. The Labute approximate surface area is 232 Å². The number of nitrogens with one attached hydrogen (secondary N) is 2. The molecule has 0 aromatic heterocycles. The van der Waals surface area contributed by atoms with Crippen molar-refractivity contribution in [2.24, 2.45) is 0 Å². The third-order valence-corrected chi connectivity index (χ3v) is 6.30. The van der Waals surface area contributed by atoms with Crippen LogP contribution in [0.4, 0.5) is 4.79 Å². The van der Waals surface area contributed by atoms with Crippen molar-refractivity contribution >= 4 is 17.9 Å². The van der Waals surface area contributed by atoms with Gasteiger partial charge in [0.2, 0.25) is 11.8 Å². The van der Waals surface area contributed by atoms with E-state index in [1.807, 2.05) is 39.0 Å². The molecule has 8 heteroatoms. The van der Waals surface area contributed by atoms with Crippen molar-refractivity contribution < 1.29 is 24.2 Å². The van der Waals surface area contributed by atoms with E-state index in [4.69, 9.17) is 4.74 Å². The molecule has 0 fully saturated rings. The number of amides is 3.